The van der Waals surface area contributed by atoms with Crippen LogP contribution in [-0.4, -0.2) is 75.9 Å². The van der Waals surface area contributed by atoms with Crippen LogP contribution in [0.1, 0.15) is 69.6 Å². The first-order chi connectivity index (χ1) is 26.3. The van der Waals surface area contributed by atoms with E-state index in [1.54, 1.807) is 27.0 Å². The Morgan fingerprint density at radius 1 is 0.836 bits per heavy atom. The molecule has 13 heteroatoms. The Morgan fingerprint density at radius 2 is 1.51 bits per heavy atom. The predicted molar refractivity (Wildman–Crippen MR) is 212 cm³/mol. The molecule has 1 saturated heterocycles. The Balaban J connectivity index is 1.34. The van der Waals surface area contributed by atoms with Crippen molar-refractivity contribution in [1.29, 1.82) is 0 Å². The standard InChI is InChI=1S/C42H53N7O6/c1-27-14-8-10-18-31(27)45-39(52)35-21-22-36(49(35)26-28-15-6-5-7-16-28)40(53)48-37(50)33(20-12-13-23-43)46-38(51)34(47-41(54)55-42(2,3)4)24-29-25-44-32-19-11-9-17-30(29)32/h5-11,14-19,25,33-36,44H,12-13,20-24,26,43H2,1-4H3,(H,45,52)(H,46,51)(H,47,54)(H,48,50,53)/t33?,34?,35?,36-/m1/s1. The highest BCUT2D eigenvalue weighted by molar-refractivity contribution is 6.03. The van der Waals surface area contributed by atoms with E-state index in [9.17, 15) is 24.0 Å². The maximum absolute atomic E-state index is 14.0. The number of ether oxygens (including phenoxy) is 1. The summed E-state index contributed by atoms with van der Waals surface area (Å²) in [5.41, 5.74) is 9.11. The van der Waals surface area contributed by atoms with Gasteiger partial charge in [-0.15, -0.1) is 0 Å². The number of nitrogens with one attached hydrogen (secondary N) is 5. The van der Waals surface area contributed by atoms with Crippen LogP contribution in [0.3, 0.4) is 0 Å². The van der Waals surface area contributed by atoms with Gasteiger partial charge in [0.1, 0.15) is 17.7 Å². The number of benzene rings is 3. The molecule has 5 rings (SSSR count). The predicted octanol–water partition coefficient (Wildman–Crippen LogP) is 4.84. The number of aromatic nitrogens is 1. The molecule has 0 saturated carbocycles. The summed E-state index contributed by atoms with van der Waals surface area (Å²) < 4.78 is 5.47. The van der Waals surface area contributed by atoms with Crippen LogP contribution in [0.2, 0.25) is 0 Å². The Bertz CT molecular complexity index is 1960. The van der Waals surface area contributed by atoms with Crippen LogP contribution in [0.5, 0.6) is 0 Å². The monoisotopic (exact) mass is 751 g/mol. The molecule has 3 unspecified atom stereocenters. The fourth-order valence-electron chi connectivity index (χ4n) is 6.88. The van der Waals surface area contributed by atoms with E-state index in [1.807, 2.05) is 90.7 Å². The van der Waals surface area contributed by atoms with E-state index in [-0.39, 0.29) is 18.7 Å². The van der Waals surface area contributed by atoms with E-state index in [4.69, 9.17) is 10.5 Å². The number of rotatable bonds is 15. The minimum Gasteiger partial charge on any atom is -0.444 e. The number of likely N-dealkylation sites (tertiary alicyclic amines) is 1. The molecule has 1 aliphatic heterocycles. The number of aromatic amines is 1. The fourth-order valence-corrected chi connectivity index (χ4v) is 6.88. The van der Waals surface area contributed by atoms with Crippen LogP contribution < -0.4 is 27.0 Å². The Morgan fingerprint density at radius 3 is 2.22 bits per heavy atom. The summed E-state index contributed by atoms with van der Waals surface area (Å²) in [5.74, 6) is -2.10. The van der Waals surface area contributed by atoms with Crippen molar-refractivity contribution < 1.29 is 28.7 Å². The van der Waals surface area contributed by atoms with Crippen molar-refractivity contribution in [2.75, 3.05) is 11.9 Å². The minimum atomic E-state index is -1.11. The second kappa shape index (κ2) is 18.7. The Labute approximate surface area is 322 Å². The van der Waals surface area contributed by atoms with Crippen molar-refractivity contribution in [2.24, 2.45) is 5.73 Å². The smallest absolute Gasteiger partial charge is 0.408 e. The van der Waals surface area contributed by atoms with Crippen molar-refractivity contribution in [3.8, 4) is 0 Å². The van der Waals surface area contributed by atoms with Gasteiger partial charge < -0.3 is 31.4 Å². The molecule has 4 aromatic rings. The summed E-state index contributed by atoms with van der Waals surface area (Å²) in [5, 5.41) is 12.0. The third-order valence-electron chi connectivity index (χ3n) is 9.66. The molecule has 1 aliphatic rings. The average molecular weight is 752 g/mol. The summed E-state index contributed by atoms with van der Waals surface area (Å²) in [6.07, 6.45) is 3.14. The van der Waals surface area contributed by atoms with Gasteiger partial charge >= 0.3 is 6.09 Å². The van der Waals surface area contributed by atoms with Gasteiger partial charge in [-0.3, -0.25) is 29.4 Å². The molecule has 55 heavy (non-hydrogen) atoms. The number of hydrogen-bond donors (Lipinski definition) is 6. The largest absolute Gasteiger partial charge is 0.444 e. The number of carbonyl (C=O) groups excluding carboxylic acids is 5. The lowest BCUT2D eigenvalue weighted by molar-refractivity contribution is -0.137. The van der Waals surface area contributed by atoms with Gasteiger partial charge in [-0.1, -0.05) is 66.7 Å². The van der Waals surface area contributed by atoms with Gasteiger partial charge in [-0.25, -0.2) is 4.79 Å². The number of fused-ring (bicyclic) bond motifs is 1. The first-order valence-electron chi connectivity index (χ1n) is 18.9. The molecule has 0 spiro atoms. The molecule has 5 amide bonds. The quantitative estimate of drug-likeness (QED) is 0.0932. The van der Waals surface area contributed by atoms with Crippen LogP contribution in [0, 0.1) is 6.92 Å². The number of amides is 5. The summed E-state index contributed by atoms with van der Waals surface area (Å²) in [7, 11) is 0. The number of anilines is 1. The molecule has 13 nitrogen and oxygen atoms in total. The number of aryl methyl sites for hydroxylation is 1. The minimum absolute atomic E-state index is 0.105. The third-order valence-corrected chi connectivity index (χ3v) is 9.66. The maximum Gasteiger partial charge on any atom is 0.408 e. The lowest BCUT2D eigenvalue weighted by Gasteiger charge is -2.29. The maximum atomic E-state index is 14.0. The number of nitrogens with zero attached hydrogens (tertiary/aromatic N) is 1. The first-order valence-corrected chi connectivity index (χ1v) is 18.9. The topological polar surface area (TPSA) is 188 Å². The number of carbonyl (C=O) groups is 5. The zero-order valence-electron chi connectivity index (χ0n) is 32.0. The number of imide groups is 1. The van der Waals surface area contributed by atoms with E-state index in [1.165, 1.54) is 0 Å². The van der Waals surface area contributed by atoms with E-state index in [2.05, 4.69) is 26.3 Å². The second-order valence-electron chi connectivity index (χ2n) is 15.0. The van der Waals surface area contributed by atoms with Crippen molar-refractivity contribution in [3.05, 3.63) is 102 Å². The van der Waals surface area contributed by atoms with Gasteiger partial charge in [0, 0.05) is 35.8 Å². The fraction of sp³-hybridized carbons (Fsp3) is 0.405. The molecule has 1 fully saturated rings. The van der Waals surface area contributed by atoms with E-state index in [0.717, 1.165) is 27.6 Å². The number of nitrogens with two attached hydrogens (primary N) is 1. The normalized spacial score (nSPS) is 16.9. The van der Waals surface area contributed by atoms with Gasteiger partial charge in [-0.05, 0) is 95.2 Å². The third kappa shape index (κ3) is 11.2. The van der Waals surface area contributed by atoms with Crippen molar-refractivity contribution >= 4 is 46.3 Å². The molecule has 0 aliphatic carbocycles. The Kier molecular flexibility index (Phi) is 13.8. The van der Waals surface area contributed by atoms with Gasteiger partial charge in [0.05, 0.1) is 12.1 Å². The molecule has 292 valence electrons. The summed E-state index contributed by atoms with van der Waals surface area (Å²) in [6, 6.07) is 21.0. The average Bonchev–Trinajstić information content (AvgIpc) is 3.76. The van der Waals surface area contributed by atoms with Crippen LogP contribution in [0.4, 0.5) is 10.5 Å². The van der Waals surface area contributed by atoms with Gasteiger partial charge in [0.25, 0.3) is 0 Å². The molecule has 4 atom stereocenters. The lowest BCUT2D eigenvalue weighted by atomic mass is 10.0. The number of H-pyrrole nitrogens is 1. The van der Waals surface area contributed by atoms with Crippen LogP contribution >= 0.6 is 0 Å². The van der Waals surface area contributed by atoms with Crippen molar-refractivity contribution in [2.45, 2.75) is 103 Å². The van der Waals surface area contributed by atoms with Gasteiger partial charge in [0.2, 0.25) is 23.6 Å². The highest BCUT2D eigenvalue weighted by atomic mass is 16.6. The molecule has 2 heterocycles. The molecule has 0 radical (unpaired) electrons. The first kappa shape index (κ1) is 40.7. The zero-order chi connectivity index (χ0) is 39.5. The van der Waals surface area contributed by atoms with Crippen molar-refractivity contribution in [3.63, 3.8) is 0 Å². The van der Waals surface area contributed by atoms with E-state index in [0.29, 0.717) is 44.5 Å². The van der Waals surface area contributed by atoms with Crippen LogP contribution in [0.15, 0.2) is 85.1 Å². The molecular formula is C42H53N7O6. The number of unbranched alkanes of at least 4 members (excludes halogenated alkanes) is 1. The molecule has 3 aromatic carbocycles. The summed E-state index contributed by atoms with van der Waals surface area (Å²) in [4.78, 5) is 73.6. The summed E-state index contributed by atoms with van der Waals surface area (Å²) >= 11 is 0. The van der Waals surface area contributed by atoms with E-state index < -0.39 is 53.6 Å². The van der Waals surface area contributed by atoms with E-state index >= 15 is 0 Å². The summed E-state index contributed by atoms with van der Waals surface area (Å²) in [6.45, 7) is 7.77. The number of para-hydroxylation sites is 2. The molecule has 7 N–H and O–H groups in total. The van der Waals surface area contributed by atoms with Crippen LogP contribution in [-0.2, 0) is 36.9 Å². The number of hydrogen-bond acceptors (Lipinski definition) is 8. The number of alkyl carbamates (subject to hydrolysis) is 1. The second-order valence-corrected chi connectivity index (χ2v) is 15.0. The van der Waals surface area contributed by atoms with Crippen molar-refractivity contribution in [1.82, 2.24) is 25.8 Å². The van der Waals surface area contributed by atoms with Gasteiger partial charge in [-0.2, -0.15) is 0 Å². The molecule has 1 aromatic heterocycles. The molecule has 0 bridgehead atoms. The highest BCUT2D eigenvalue weighted by Gasteiger charge is 2.42. The Hall–Kier alpha value is -5.53. The molecular weight excluding hydrogens is 699 g/mol. The SMILES string of the molecule is Cc1ccccc1NC(=O)C1CC[C@H](C(=O)NC(=O)C(CCCCN)NC(=O)C(Cc2c[nH]c3ccccc23)NC(=O)OC(C)(C)C)N1Cc1ccccc1. The highest BCUT2D eigenvalue weighted by Crippen LogP contribution is 2.28. The zero-order valence-corrected chi connectivity index (χ0v) is 32.0. The lowest BCUT2D eigenvalue weighted by Crippen LogP contribution is -2.57. The van der Waals surface area contributed by atoms with Gasteiger partial charge in [0.15, 0.2) is 0 Å². The van der Waals surface area contributed by atoms with Crippen LogP contribution in [0.25, 0.3) is 10.9 Å².